The van der Waals surface area contributed by atoms with Crippen molar-refractivity contribution >= 4 is 17.0 Å². The molecule has 1 fully saturated rings. The van der Waals surface area contributed by atoms with Crippen LogP contribution in [0.25, 0.3) is 11.0 Å². The first-order valence-electron chi connectivity index (χ1n) is 9.86. The van der Waals surface area contributed by atoms with Gasteiger partial charge in [0.1, 0.15) is 0 Å². The molecule has 3 aromatic rings. The Kier molecular flexibility index (Phi) is 4.34. The van der Waals surface area contributed by atoms with E-state index >= 15 is 0 Å². The minimum atomic E-state index is 0.316. The molecule has 140 valence electrons. The second-order valence-corrected chi connectivity index (χ2v) is 7.79. The molecule has 0 spiro atoms. The van der Waals surface area contributed by atoms with Gasteiger partial charge in [-0.25, -0.2) is 4.98 Å². The predicted octanol–water partition coefficient (Wildman–Crippen LogP) is 3.76. The number of rotatable bonds is 4. The summed E-state index contributed by atoms with van der Waals surface area (Å²) in [6.07, 6.45) is 2.63. The number of aromatic nitrogens is 2. The Morgan fingerprint density at radius 1 is 1.11 bits per heavy atom. The lowest BCUT2D eigenvalue weighted by atomic mass is 10.2. The Labute approximate surface area is 160 Å². The van der Waals surface area contributed by atoms with Gasteiger partial charge in [0.25, 0.3) is 0 Å². The van der Waals surface area contributed by atoms with Crippen LogP contribution in [0.15, 0.2) is 48.5 Å². The van der Waals surface area contributed by atoms with Crippen LogP contribution >= 0.6 is 0 Å². The van der Waals surface area contributed by atoms with Crippen LogP contribution in [-0.2, 0) is 18.0 Å². The van der Waals surface area contributed by atoms with Gasteiger partial charge in [-0.2, -0.15) is 0 Å². The zero-order valence-electron chi connectivity index (χ0n) is 15.8. The van der Waals surface area contributed by atoms with Crippen LogP contribution in [0.3, 0.4) is 0 Å². The summed E-state index contributed by atoms with van der Waals surface area (Å²) in [6.45, 7) is 6.64. The van der Waals surface area contributed by atoms with E-state index in [0.29, 0.717) is 6.10 Å². The van der Waals surface area contributed by atoms with E-state index in [2.05, 4.69) is 69.8 Å². The predicted molar refractivity (Wildman–Crippen MR) is 108 cm³/mol. The average Bonchev–Trinajstić information content (AvgIpc) is 3.31. The molecule has 1 atom stereocenters. The van der Waals surface area contributed by atoms with Crippen LogP contribution in [0, 0.1) is 6.92 Å². The third kappa shape index (κ3) is 3.33. The lowest BCUT2D eigenvalue weighted by molar-refractivity contribution is 0.105. The van der Waals surface area contributed by atoms with Gasteiger partial charge >= 0.3 is 0 Å². The molecular weight excluding hydrogens is 336 g/mol. The normalized spacial score (nSPS) is 20.3. The number of nitrogens with zero attached hydrogens (tertiary/aromatic N) is 4. The Balaban J connectivity index is 1.49. The second-order valence-electron chi connectivity index (χ2n) is 7.79. The van der Waals surface area contributed by atoms with Crippen LogP contribution in [0.5, 0.6) is 0 Å². The molecule has 2 aromatic carbocycles. The number of imidazole rings is 1. The Hall–Kier alpha value is -2.37. The molecule has 2 aliphatic heterocycles. The van der Waals surface area contributed by atoms with E-state index in [1.165, 1.54) is 23.1 Å². The van der Waals surface area contributed by atoms with Gasteiger partial charge in [-0.1, -0.05) is 36.4 Å². The van der Waals surface area contributed by atoms with Crippen LogP contribution in [0.4, 0.5) is 5.95 Å². The number of benzene rings is 2. The lowest BCUT2D eigenvalue weighted by Crippen LogP contribution is -2.47. The van der Waals surface area contributed by atoms with Crippen molar-refractivity contribution in [3.63, 3.8) is 0 Å². The minimum absolute atomic E-state index is 0.316. The average molecular weight is 362 g/mol. The van der Waals surface area contributed by atoms with Gasteiger partial charge in [0.05, 0.1) is 30.5 Å². The first-order valence-corrected chi connectivity index (χ1v) is 9.86. The summed E-state index contributed by atoms with van der Waals surface area (Å²) in [5.41, 5.74) is 4.92. The van der Waals surface area contributed by atoms with Crippen molar-refractivity contribution in [3.05, 3.63) is 59.7 Å². The van der Waals surface area contributed by atoms with E-state index in [4.69, 9.17) is 9.72 Å². The first-order chi connectivity index (χ1) is 13.3. The van der Waals surface area contributed by atoms with Gasteiger partial charge in [-0.3, -0.25) is 9.47 Å². The number of aryl methyl sites for hydroxylation is 1. The van der Waals surface area contributed by atoms with Crippen molar-refractivity contribution in [1.82, 2.24) is 14.5 Å². The van der Waals surface area contributed by atoms with Crippen molar-refractivity contribution in [3.8, 4) is 0 Å². The monoisotopic (exact) mass is 362 g/mol. The van der Waals surface area contributed by atoms with Gasteiger partial charge in [0.15, 0.2) is 0 Å². The number of fused-ring (bicyclic) bond motifs is 3. The highest BCUT2D eigenvalue weighted by Crippen LogP contribution is 2.29. The molecule has 0 N–H and O–H groups in total. The number of anilines is 1. The summed E-state index contributed by atoms with van der Waals surface area (Å²) in [4.78, 5) is 9.85. The van der Waals surface area contributed by atoms with Crippen LogP contribution in [-0.4, -0.2) is 40.4 Å². The fourth-order valence-electron chi connectivity index (χ4n) is 4.27. The highest BCUT2D eigenvalue weighted by atomic mass is 16.5. The highest BCUT2D eigenvalue weighted by molar-refractivity contribution is 5.79. The maximum Gasteiger partial charge on any atom is 0.208 e. The van der Waals surface area contributed by atoms with Gasteiger partial charge in [0.2, 0.25) is 5.95 Å². The molecule has 1 aromatic heterocycles. The topological polar surface area (TPSA) is 33.5 Å². The van der Waals surface area contributed by atoms with Gasteiger partial charge in [-0.05, 0) is 43.0 Å². The van der Waals surface area contributed by atoms with Crippen molar-refractivity contribution in [1.29, 1.82) is 0 Å². The number of hydrogen-bond acceptors (Lipinski definition) is 4. The summed E-state index contributed by atoms with van der Waals surface area (Å²) >= 11 is 0. The fourth-order valence-corrected chi connectivity index (χ4v) is 4.27. The maximum absolute atomic E-state index is 5.92. The Morgan fingerprint density at radius 3 is 2.81 bits per heavy atom. The zero-order valence-corrected chi connectivity index (χ0v) is 15.8. The van der Waals surface area contributed by atoms with E-state index in [0.717, 1.165) is 50.9 Å². The molecule has 0 radical (unpaired) electrons. The molecule has 0 unspecified atom stereocenters. The molecule has 0 saturated carbocycles. The van der Waals surface area contributed by atoms with Crippen LogP contribution in [0.1, 0.15) is 24.0 Å². The van der Waals surface area contributed by atoms with Gasteiger partial charge in [-0.15, -0.1) is 0 Å². The molecule has 5 rings (SSSR count). The molecule has 3 heterocycles. The van der Waals surface area contributed by atoms with Crippen molar-refractivity contribution in [2.24, 2.45) is 0 Å². The standard InChI is InChI=1S/C22H26N4O/c1-17-9-10-20-21(12-17)26-16-24(13-18-6-3-2-4-7-18)15-25(22(26)23-20)14-19-8-5-11-27-19/h2-4,6-7,9-10,12,19H,5,8,11,13-16H2,1H3/t19-/m0/s1. The molecule has 0 bridgehead atoms. The molecule has 2 aliphatic rings. The lowest BCUT2D eigenvalue weighted by Gasteiger charge is -2.38. The maximum atomic E-state index is 5.92. The minimum Gasteiger partial charge on any atom is -0.376 e. The van der Waals surface area contributed by atoms with E-state index < -0.39 is 0 Å². The van der Waals surface area contributed by atoms with Crippen molar-refractivity contribution in [2.45, 2.75) is 39.1 Å². The smallest absolute Gasteiger partial charge is 0.208 e. The fraction of sp³-hybridized carbons (Fsp3) is 0.409. The number of ether oxygens (including phenoxy) is 1. The third-order valence-electron chi connectivity index (χ3n) is 5.58. The molecule has 0 amide bonds. The number of hydrogen-bond donors (Lipinski definition) is 0. The van der Waals surface area contributed by atoms with E-state index in [9.17, 15) is 0 Å². The van der Waals surface area contributed by atoms with E-state index in [1.54, 1.807) is 0 Å². The summed E-state index contributed by atoms with van der Waals surface area (Å²) in [7, 11) is 0. The summed E-state index contributed by atoms with van der Waals surface area (Å²) < 4.78 is 8.29. The molecule has 27 heavy (non-hydrogen) atoms. The summed E-state index contributed by atoms with van der Waals surface area (Å²) in [5, 5.41) is 0. The summed E-state index contributed by atoms with van der Waals surface area (Å²) in [5.74, 6) is 1.08. The second kappa shape index (κ2) is 6.98. The van der Waals surface area contributed by atoms with Crippen LogP contribution < -0.4 is 4.90 Å². The first kappa shape index (κ1) is 16.8. The highest BCUT2D eigenvalue weighted by Gasteiger charge is 2.29. The SMILES string of the molecule is Cc1ccc2nc3n(c2c1)CN(Cc1ccccc1)CN3C[C@@H]1CCCO1. The molecule has 5 heteroatoms. The largest absolute Gasteiger partial charge is 0.376 e. The van der Waals surface area contributed by atoms with Gasteiger partial charge in [0, 0.05) is 19.7 Å². The quantitative estimate of drug-likeness (QED) is 0.708. The Morgan fingerprint density at radius 2 is 2.00 bits per heavy atom. The summed E-state index contributed by atoms with van der Waals surface area (Å²) in [6, 6.07) is 17.3. The molecule has 0 aliphatic carbocycles. The third-order valence-corrected chi connectivity index (χ3v) is 5.58. The van der Waals surface area contributed by atoms with Crippen molar-refractivity contribution < 1.29 is 4.74 Å². The van der Waals surface area contributed by atoms with E-state index in [1.807, 2.05) is 0 Å². The van der Waals surface area contributed by atoms with E-state index in [-0.39, 0.29) is 0 Å². The molecule has 5 nitrogen and oxygen atoms in total. The molecular formula is C22H26N4O. The Bertz CT molecular complexity index is 930. The zero-order chi connectivity index (χ0) is 18.2. The van der Waals surface area contributed by atoms with Gasteiger partial charge < -0.3 is 9.64 Å². The molecule has 1 saturated heterocycles. The van der Waals surface area contributed by atoms with Crippen LogP contribution in [0.2, 0.25) is 0 Å². The van der Waals surface area contributed by atoms with Crippen molar-refractivity contribution in [2.75, 3.05) is 24.7 Å².